The Bertz CT molecular complexity index is 337. The third-order valence-electron chi connectivity index (χ3n) is 5.76. The first-order valence-electron chi connectivity index (χ1n) is 8.73. The van der Waals surface area contributed by atoms with Crippen LogP contribution in [0.2, 0.25) is 0 Å². The van der Waals surface area contributed by atoms with E-state index in [-0.39, 0.29) is 17.5 Å². The molecule has 0 radical (unpaired) electrons. The van der Waals surface area contributed by atoms with Crippen LogP contribution in [-0.4, -0.2) is 43.0 Å². The lowest BCUT2D eigenvalue weighted by Crippen LogP contribution is -2.54. The van der Waals surface area contributed by atoms with E-state index >= 15 is 0 Å². The van der Waals surface area contributed by atoms with Gasteiger partial charge in [-0.25, -0.2) is 0 Å². The zero-order valence-electron chi connectivity index (χ0n) is 13.9. The van der Waals surface area contributed by atoms with Crippen molar-refractivity contribution >= 4 is 5.91 Å². The van der Waals surface area contributed by atoms with E-state index in [0.717, 1.165) is 19.4 Å². The summed E-state index contributed by atoms with van der Waals surface area (Å²) in [6.45, 7) is 0.792. The largest absolute Gasteiger partial charge is 0.354 e. The van der Waals surface area contributed by atoms with Crippen LogP contribution in [-0.2, 0) is 4.79 Å². The molecule has 2 aliphatic rings. The predicted octanol–water partition coefficient (Wildman–Crippen LogP) is 2.27. The number of rotatable bonds is 5. The van der Waals surface area contributed by atoms with Crippen molar-refractivity contribution in [3.8, 4) is 0 Å². The van der Waals surface area contributed by atoms with Crippen molar-refractivity contribution in [2.75, 3.05) is 20.6 Å². The third kappa shape index (κ3) is 4.43. The van der Waals surface area contributed by atoms with Crippen LogP contribution in [0.5, 0.6) is 0 Å². The molecule has 0 aliphatic heterocycles. The lowest BCUT2D eigenvalue weighted by molar-refractivity contribution is -0.123. The van der Waals surface area contributed by atoms with Gasteiger partial charge in [0, 0.05) is 24.5 Å². The normalized spacial score (nSPS) is 29.3. The van der Waals surface area contributed by atoms with Gasteiger partial charge in [0.15, 0.2) is 0 Å². The van der Waals surface area contributed by atoms with Gasteiger partial charge in [-0.3, -0.25) is 4.79 Å². The highest BCUT2D eigenvalue weighted by molar-refractivity contribution is 5.76. The molecule has 1 amide bonds. The molecule has 0 spiro atoms. The van der Waals surface area contributed by atoms with E-state index in [9.17, 15) is 4.79 Å². The molecule has 4 nitrogen and oxygen atoms in total. The first kappa shape index (κ1) is 16.8. The van der Waals surface area contributed by atoms with Gasteiger partial charge in [0.05, 0.1) is 0 Å². The van der Waals surface area contributed by atoms with E-state index in [4.69, 9.17) is 5.73 Å². The lowest BCUT2D eigenvalue weighted by atomic mass is 9.80. The van der Waals surface area contributed by atoms with Crippen LogP contribution < -0.4 is 11.1 Å². The molecule has 0 aromatic rings. The third-order valence-corrected chi connectivity index (χ3v) is 5.76. The minimum Gasteiger partial charge on any atom is -0.354 e. The van der Waals surface area contributed by atoms with Crippen molar-refractivity contribution in [1.82, 2.24) is 10.2 Å². The number of hydrogen-bond donors (Lipinski definition) is 2. The summed E-state index contributed by atoms with van der Waals surface area (Å²) in [7, 11) is 4.29. The summed E-state index contributed by atoms with van der Waals surface area (Å²) in [5, 5.41) is 3.21. The highest BCUT2D eigenvalue weighted by Crippen LogP contribution is 2.32. The summed E-state index contributed by atoms with van der Waals surface area (Å²) in [5.74, 6) is 0.588. The Balaban J connectivity index is 1.81. The van der Waals surface area contributed by atoms with Crippen molar-refractivity contribution in [2.24, 2.45) is 11.7 Å². The molecular formula is C17H33N3O. The Morgan fingerprint density at radius 2 is 1.81 bits per heavy atom. The predicted molar refractivity (Wildman–Crippen MR) is 87.1 cm³/mol. The molecular weight excluding hydrogens is 262 g/mol. The number of nitrogens with two attached hydrogens (primary N) is 1. The zero-order chi connectivity index (χ0) is 15.3. The molecule has 2 atom stereocenters. The highest BCUT2D eigenvalue weighted by atomic mass is 16.1. The van der Waals surface area contributed by atoms with Crippen LogP contribution in [0.1, 0.15) is 64.2 Å². The van der Waals surface area contributed by atoms with Crippen molar-refractivity contribution in [3.63, 3.8) is 0 Å². The maximum absolute atomic E-state index is 12.3. The SMILES string of the molecule is CN(C)C1(CNC(=O)CC2CCCCC2N)CCCCC1. The molecule has 0 heterocycles. The van der Waals surface area contributed by atoms with Crippen LogP contribution in [0, 0.1) is 5.92 Å². The van der Waals surface area contributed by atoms with Gasteiger partial charge in [-0.2, -0.15) is 0 Å². The van der Waals surface area contributed by atoms with Crippen LogP contribution >= 0.6 is 0 Å². The van der Waals surface area contributed by atoms with Crippen molar-refractivity contribution in [3.05, 3.63) is 0 Å². The summed E-state index contributed by atoms with van der Waals surface area (Å²) in [6, 6.07) is 0.224. The minimum absolute atomic E-state index is 0.169. The first-order chi connectivity index (χ1) is 10.0. The summed E-state index contributed by atoms with van der Waals surface area (Å²) in [6.07, 6.45) is 11.6. The van der Waals surface area contributed by atoms with Gasteiger partial charge in [0.25, 0.3) is 0 Å². The Hall–Kier alpha value is -0.610. The van der Waals surface area contributed by atoms with Gasteiger partial charge in [-0.15, -0.1) is 0 Å². The van der Waals surface area contributed by atoms with Gasteiger partial charge in [0.2, 0.25) is 5.91 Å². The molecule has 2 rings (SSSR count). The van der Waals surface area contributed by atoms with Crippen LogP contribution in [0.25, 0.3) is 0 Å². The fourth-order valence-electron chi connectivity index (χ4n) is 4.06. The number of nitrogens with zero attached hydrogens (tertiary/aromatic N) is 1. The molecule has 2 unspecified atom stereocenters. The summed E-state index contributed by atoms with van der Waals surface area (Å²) >= 11 is 0. The highest BCUT2D eigenvalue weighted by Gasteiger charge is 2.34. The van der Waals surface area contributed by atoms with Gasteiger partial charge in [0.1, 0.15) is 0 Å². The second kappa shape index (κ2) is 7.59. The number of hydrogen-bond acceptors (Lipinski definition) is 3. The quantitative estimate of drug-likeness (QED) is 0.818. The lowest BCUT2D eigenvalue weighted by Gasteiger charge is -2.43. The van der Waals surface area contributed by atoms with Crippen molar-refractivity contribution in [2.45, 2.75) is 75.8 Å². The molecule has 0 bridgehead atoms. The molecule has 0 aromatic carbocycles. The van der Waals surface area contributed by atoms with Crippen LogP contribution in [0.4, 0.5) is 0 Å². The Morgan fingerprint density at radius 3 is 2.43 bits per heavy atom. The number of amides is 1. The van der Waals surface area contributed by atoms with E-state index < -0.39 is 0 Å². The summed E-state index contributed by atoms with van der Waals surface area (Å²) in [5.41, 5.74) is 6.32. The van der Waals surface area contributed by atoms with E-state index in [1.165, 1.54) is 44.9 Å². The summed E-state index contributed by atoms with van der Waals surface area (Å²) < 4.78 is 0. The van der Waals surface area contributed by atoms with E-state index in [1.807, 2.05) is 0 Å². The van der Waals surface area contributed by atoms with Crippen LogP contribution in [0.3, 0.4) is 0 Å². The zero-order valence-corrected chi connectivity index (χ0v) is 13.9. The summed E-state index contributed by atoms with van der Waals surface area (Å²) in [4.78, 5) is 14.6. The number of likely N-dealkylation sites (N-methyl/N-ethyl adjacent to an activating group) is 1. The van der Waals surface area contributed by atoms with Gasteiger partial charge in [-0.1, -0.05) is 32.1 Å². The molecule has 21 heavy (non-hydrogen) atoms. The average molecular weight is 295 g/mol. The Labute approximate surface area is 129 Å². The Kier molecular flexibility index (Phi) is 6.06. The van der Waals surface area contributed by atoms with E-state index in [2.05, 4.69) is 24.3 Å². The smallest absolute Gasteiger partial charge is 0.220 e. The molecule has 122 valence electrons. The van der Waals surface area contributed by atoms with E-state index in [1.54, 1.807) is 0 Å². The minimum atomic E-state index is 0.169. The van der Waals surface area contributed by atoms with Crippen LogP contribution in [0.15, 0.2) is 0 Å². The maximum Gasteiger partial charge on any atom is 0.220 e. The molecule has 3 N–H and O–H groups in total. The van der Waals surface area contributed by atoms with Gasteiger partial charge < -0.3 is 16.0 Å². The molecule has 0 saturated heterocycles. The molecule has 2 saturated carbocycles. The Morgan fingerprint density at radius 1 is 1.14 bits per heavy atom. The fourth-order valence-corrected chi connectivity index (χ4v) is 4.06. The molecule has 2 aliphatic carbocycles. The first-order valence-corrected chi connectivity index (χ1v) is 8.73. The standard InChI is InChI=1S/C17H33N3O/c1-20(2)17(10-6-3-7-11-17)13-19-16(21)12-14-8-4-5-9-15(14)18/h14-15H,3-13,18H2,1-2H3,(H,19,21). The average Bonchev–Trinajstić information content (AvgIpc) is 2.48. The van der Waals surface area contributed by atoms with Crippen molar-refractivity contribution < 1.29 is 4.79 Å². The van der Waals surface area contributed by atoms with E-state index in [0.29, 0.717) is 12.3 Å². The monoisotopic (exact) mass is 295 g/mol. The molecule has 0 aromatic heterocycles. The second-order valence-electron chi connectivity index (χ2n) is 7.37. The number of carbonyl (C=O) groups is 1. The second-order valence-corrected chi connectivity index (χ2v) is 7.37. The van der Waals surface area contributed by atoms with Gasteiger partial charge in [-0.05, 0) is 45.7 Å². The number of carbonyl (C=O) groups excluding carboxylic acids is 1. The number of nitrogens with one attached hydrogen (secondary N) is 1. The molecule has 4 heteroatoms. The topological polar surface area (TPSA) is 58.4 Å². The van der Waals surface area contributed by atoms with Crippen molar-refractivity contribution in [1.29, 1.82) is 0 Å². The van der Waals surface area contributed by atoms with Gasteiger partial charge >= 0.3 is 0 Å². The molecule has 2 fully saturated rings. The fraction of sp³-hybridized carbons (Fsp3) is 0.941. The maximum atomic E-state index is 12.3.